The molecule has 56 valence electrons. The molecule has 0 atom stereocenters. The molecule has 0 saturated heterocycles. The summed E-state index contributed by atoms with van der Waals surface area (Å²) >= 11 is 0. The molecule has 0 aromatic heterocycles. The Morgan fingerprint density at radius 3 is 1.80 bits per heavy atom. The van der Waals surface area contributed by atoms with Crippen molar-refractivity contribution in [3.63, 3.8) is 0 Å². The van der Waals surface area contributed by atoms with Gasteiger partial charge in [0, 0.05) is 6.92 Å². The number of carboxylic acid groups (broad SMARTS) is 1. The first-order valence-electron chi connectivity index (χ1n) is 2.47. The molecule has 1 aliphatic rings. The number of aliphatic carboxylic acids is 1. The van der Waals surface area contributed by atoms with E-state index in [2.05, 4.69) is 21.3 Å². The van der Waals surface area contributed by atoms with Gasteiger partial charge in [-0.2, -0.15) is 10.2 Å². The molecular formula is C4H8N4O2. The van der Waals surface area contributed by atoms with Crippen molar-refractivity contribution in [2.45, 2.75) is 6.92 Å². The Kier molecular flexibility index (Phi) is 4.66. The molecule has 0 bridgehead atoms. The summed E-state index contributed by atoms with van der Waals surface area (Å²) in [6.07, 6.45) is 3.10. The normalized spacial score (nSPS) is 12.1. The lowest BCUT2D eigenvalue weighted by Crippen LogP contribution is -2.24. The van der Waals surface area contributed by atoms with E-state index < -0.39 is 5.97 Å². The molecule has 0 amide bonds. The molecule has 1 heterocycles. The SMILES string of the molecule is C1=NNNN=C1.CC(=O)O. The summed E-state index contributed by atoms with van der Waals surface area (Å²) in [5.41, 5.74) is 4.81. The lowest BCUT2D eigenvalue weighted by molar-refractivity contribution is -0.134. The lowest BCUT2D eigenvalue weighted by atomic mass is 10.8. The van der Waals surface area contributed by atoms with Crippen LogP contribution in [-0.4, -0.2) is 23.5 Å². The van der Waals surface area contributed by atoms with Gasteiger partial charge < -0.3 is 5.11 Å². The van der Waals surface area contributed by atoms with E-state index in [0.29, 0.717) is 0 Å². The molecule has 0 unspecified atom stereocenters. The summed E-state index contributed by atoms with van der Waals surface area (Å²) in [5.74, 6) is -0.833. The predicted octanol–water partition coefficient (Wildman–Crippen LogP) is -0.843. The highest BCUT2D eigenvalue weighted by atomic mass is 16.4. The van der Waals surface area contributed by atoms with Gasteiger partial charge in [0.25, 0.3) is 5.97 Å². The van der Waals surface area contributed by atoms with Gasteiger partial charge in [-0.1, -0.05) is 0 Å². The fourth-order valence-corrected chi connectivity index (χ4v) is 0.199. The van der Waals surface area contributed by atoms with Gasteiger partial charge in [0.1, 0.15) is 0 Å². The first kappa shape index (κ1) is 8.41. The summed E-state index contributed by atoms with van der Waals surface area (Å²) in [5, 5.41) is 14.5. The smallest absolute Gasteiger partial charge is 0.300 e. The standard InChI is InChI=1S/C2H4N4.C2H4O2/c1-2-4-6-5-3-1;1-2(3)4/h1-2,5-6H;1H3,(H,3,4). The lowest BCUT2D eigenvalue weighted by Gasteiger charge is -1.96. The van der Waals surface area contributed by atoms with Gasteiger partial charge in [0.2, 0.25) is 0 Å². The molecule has 0 saturated carbocycles. The van der Waals surface area contributed by atoms with Crippen LogP contribution in [-0.2, 0) is 4.79 Å². The average molecular weight is 144 g/mol. The van der Waals surface area contributed by atoms with Crippen LogP contribution in [0.1, 0.15) is 6.92 Å². The van der Waals surface area contributed by atoms with Crippen LogP contribution in [0.15, 0.2) is 10.2 Å². The molecule has 1 aliphatic heterocycles. The van der Waals surface area contributed by atoms with Crippen LogP contribution in [0.4, 0.5) is 0 Å². The average Bonchev–Trinajstić information content (AvgIpc) is 1.90. The Balaban J connectivity index is 0.000000180. The van der Waals surface area contributed by atoms with E-state index in [9.17, 15) is 0 Å². The Bertz CT molecular complexity index is 137. The molecule has 10 heavy (non-hydrogen) atoms. The zero-order chi connectivity index (χ0) is 7.82. The number of hydrogen-bond donors (Lipinski definition) is 3. The molecule has 1 rings (SSSR count). The summed E-state index contributed by atoms with van der Waals surface area (Å²) < 4.78 is 0. The van der Waals surface area contributed by atoms with Crippen LogP contribution in [0.3, 0.4) is 0 Å². The molecule has 0 aliphatic carbocycles. The minimum atomic E-state index is -0.833. The van der Waals surface area contributed by atoms with Crippen LogP contribution in [0, 0.1) is 0 Å². The first-order chi connectivity index (χ1) is 4.73. The summed E-state index contributed by atoms with van der Waals surface area (Å²) in [4.78, 5) is 9.00. The quantitative estimate of drug-likeness (QED) is 0.413. The van der Waals surface area contributed by atoms with E-state index in [1.54, 1.807) is 12.4 Å². The van der Waals surface area contributed by atoms with Crippen molar-refractivity contribution in [2.24, 2.45) is 10.2 Å². The molecule has 0 radical (unpaired) electrons. The predicted molar refractivity (Wildman–Crippen MR) is 36.6 cm³/mol. The van der Waals surface area contributed by atoms with Crippen molar-refractivity contribution >= 4 is 18.4 Å². The zero-order valence-electron chi connectivity index (χ0n) is 5.40. The number of carboxylic acids is 1. The van der Waals surface area contributed by atoms with E-state index in [1.165, 1.54) is 0 Å². The van der Waals surface area contributed by atoms with Gasteiger partial charge in [0.05, 0.1) is 12.4 Å². The second-order valence-corrected chi connectivity index (χ2v) is 1.30. The second kappa shape index (κ2) is 5.54. The molecule has 0 fully saturated rings. The Morgan fingerprint density at radius 1 is 1.40 bits per heavy atom. The third kappa shape index (κ3) is 9.65. The van der Waals surface area contributed by atoms with Gasteiger partial charge >= 0.3 is 0 Å². The van der Waals surface area contributed by atoms with Gasteiger partial charge in [-0.3, -0.25) is 4.79 Å². The van der Waals surface area contributed by atoms with E-state index in [1.807, 2.05) is 0 Å². The fraction of sp³-hybridized carbons (Fsp3) is 0.250. The minimum absolute atomic E-state index is 0.833. The van der Waals surface area contributed by atoms with Crippen molar-refractivity contribution in [3.8, 4) is 0 Å². The van der Waals surface area contributed by atoms with E-state index in [4.69, 9.17) is 9.90 Å². The molecule has 3 N–H and O–H groups in total. The second-order valence-electron chi connectivity index (χ2n) is 1.30. The molecule has 6 nitrogen and oxygen atoms in total. The molecule has 6 heteroatoms. The van der Waals surface area contributed by atoms with Crippen molar-refractivity contribution in [3.05, 3.63) is 0 Å². The van der Waals surface area contributed by atoms with Crippen LogP contribution >= 0.6 is 0 Å². The number of hydrazone groups is 2. The number of carbonyl (C=O) groups is 1. The van der Waals surface area contributed by atoms with Crippen molar-refractivity contribution < 1.29 is 9.90 Å². The van der Waals surface area contributed by atoms with Gasteiger partial charge in [0.15, 0.2) is 0 Å². The molecule has 0 aromatic rings. The monoisotopic (exact) mass is 144 g/mol. The van der Waals surface area contributed by atoms with Crippen molar-refractivity contribution in [2.75, 3.05) is 0 Å². The number of nitrogens with one attached hydrogen (secondary N) is 2. The third-order valence-electron chi connectivity index (χ3n) is 0.395. The Morgan fingerprint density at radius 2 is 1.70 bits per heavy atom. The Hall–Kier alpha value is -1.59. The highest BCUT2D eigenvalue weighted by molar-refractivity contribution is 6.16. The van der Waals surface area contributed by atoms with Crippen molar-refractivity contribution in [1.82, 2.24) is 11.1 Å². The van der Waals surface area contributed by atoms with Gasteiger partial charge in [-0.05, 0) is 0 Å². The van der Waals surface area contributed by atoms with E-state index in [-0.39, 0.29) is 0 Å². The maximum Gasteiger partial charge on any atom is 0.300 e. The fourth-order valence-electron chi connectivity index (χ4n) is 0.199. The van der Waals surface area contributed by atoms with Gasteiger partial charge in [-0.15, -0.1) is 0 Å². The summed E-state index contributed by atoms with van der Waals surface area (Å²) in [6.45, 7) is 1.08. The van der Waals surface area contributed by atoms with Crippen LogP contribution < -0.4 is 11.1 Å². The number of nitrogens with zero attached hydrogens (tertiary/aromatic N) is 2. The summed E-state index contributed by atoms with van der Waals surface area (Å²) in [7, 11) is 0. The topological polar surface area (TPSA) is 86.1 Å². The van der Waals surface area contributed by atoms with Crippen LogP contribution in [0.25, 0.3) is 0 Å². The van der Waals surface area contributed by atoms with E-state index >= 15 is 0 Å². The number of hydrazine groups is 1. The Labute approximate surface area is 57.6 Å². The highest BCUT2D eigenvalue weighted by Crippen LogP contribution is 1.57. The molecular weight excluding hydrogens is 136 g/mol. The van der Waals surface area contributed by atoms with Crippen molar-refractivity contribution in [1.29, 1.82) is 0 Å². The maximum atomic E-state index is 9.00. The van der Waals surface area contributed by atoms with Crippen LogP contribution in [0.2, 0.25) is 0 Å². The number of rotatable bonds is 0. The first-order valence-corrected chi connectivity index (χ1v) is 2.47. The largest absolute Gasteiger partial charge is 0.481 e. The number of hydrogen-bond acceptors (Lipinski definition) is 5. The van der Waals surface area contributed by atoms with Crippen LogP contribution in [0.5, 0.6) is 0 Å². The zero-order valence-corrected chi connectivity index (χ0v) is 5.40. The molecule has 0 spiro atoms. The highest BCUT2D eigenvalue weighted by Gasteiger charge is 1.71. The summed E-state index contributed by atoms with van der Waals surface area (Å²) in [6, 6.07) is 0. The molecule has 0 aromatic carbocycles. The minimum Gasteiger partial charge on any atom is -0.481 e. The van der Waals surface area contributed by atoms with Gasteiger partial charge in [-0.25, -0.2) is 11.1 Å². The third-order valence-corrected chi connectivity index (χ3v) is 0.395. The van der Waals surface area contributed by atoms with E-state index in [0.717, 1.165) is 6.92 Å². The maximum absolute atomic E-state index is 9.00.